The lowest BCUT2D eigenvalue weighted by Crippen LogP contribution is -2.42. The second-order valence-electron chi connectivity index (χ2n) is 5.08. The number of rotatable bonds is 5. The predicted molar refractivity (Wildman–Crippen MR) is 85.6 cm³/mol. The lowest BCUT2D eigenvalue weighted by Gasteiger charge is -2.26. The molecule has 0 aromatic carbocycles. The van der Waals surface area contributed by atoms with Crippen molar-refractivity contribution in [1.29, 1.82) is 5.26 Å². The van der Waals surface area contributed by atoms with Gasteiger partial charge in [-0.15, -0.1) is 0 Å². The Morgan fingerprint density at radius 3 is 2.83 bits per heavy atom. The summed E-state index contributed by atoms with van der Waals surface area (Å²) < 4.78 is 10.1. The number of aryl methyl sites for hydroxylation is 1. The molecule has 1 aliphatic heterocycles. The SMILES string of the molecule is Cc1cc(=O)[nH]c(SCC(=O)OCC(=O)N2CCOCC2)c1C#N. The van der Waals surface area contributed by atoms with Crippen molar-refractivity contribution >= 4 is 23.6 Å². The van der Waals surface area contributed by atoms with Gasteiger partial charge in [0.25, 0.3) is 5.91 Å². The van der Waals surface area contributed by atoms with E-state index in [4.69, 9.17) is 14.7 Å². The van der Waals surface area contributed by atoms with Crippen LogP contribution >= 0.6 is 11.8 Å². The fourth-order valence-electron chi connectivity index (χ4n) is 2.12. The average molecular weight is 351 g/mol. The molecule has 0 saturated carbocycles. The normalized spacial score (nSPS) is 14.1. The molecule has 9 heteroatoms. The van der Waals surface area contributed by atoms with Gasteiger partial charge in [-0.25, -0.2) is 0 Å². The number of ether oxygens (including phenoxy) is 2. The van der Waals surface area contributed by atoms with Crippen molar-refractivity contribution in [2.24, 2.45) is 0 Å². The molecule has 0 unspecified atom stereocenters. The largest absolute Gasteiger partial charge is 0.455 e. The Kier molecular flexibility index (Phi) is 6.40. The Balaban J connectivity index is 1.84. The topological polar surface area (TPSA) is 112 Å². The van der Waals surface area contributed by atoms with Gasteiger partial charge in [-0.2, -0.15) is 5.26 Å². The Morgan fingerprint density at radius 1 is 1.46 bits per heavy atom. The Labute approximate surface area is 142 Å². The number of carbonyl (C=O) groups is 2. The number of carbonyl (C=O) groups excluding carboxylic acids is 2. The van der Waals surface area contributed by atoms with Gasteiger partial charge in [0.2, 0.25) is 5.56 Å². The highest BCUT2D eigenvalue weighted by Crippen LogP contribution is 2.20. The van der Waals surface area contributed by atoms with E-state index in [0.717, 1.165) is 11.8 Å². The van der Waals surface area contributed by atoms with Crippen LogP contribution in [0.3, 0.4) is 0 Å². The van der Waals surface area contributed by atoms with Gasteiger partial charge in [-0.3, -0.25) is 14.4 Å². The second kappa shape index (κ2) is 8.52. The molecule has 0 bridgehead atoms. The van der Waals surface area contributed by atoms with E-state index >= 15 is 0 Å². The highest BCUT2D eigenvalue weighted by Gasteiger charge is 2.18. The maximum atomic E-state index is 11.9. The first-order valence-corrected chi connectivity index (χ1v) is 8.28. The fraction of sp³-hybridized carbons (Fsp3) is 0.467. The third-order valence-electron chi connectivity index (χ3n) is 3.37. The summed E-state index contributed by atoms with van der Waals surface area (Å²) in [5, 5.41) is 9.43. The average Bonchev–Trinajstić information content (AvgIpc) is 2.58. The molecule has 2 rings (SSSR count). The van der Waals surface area contributed by atoms with E-state index in [9.17, 15) is 14.4 Å². The first-order chi connectivity index (χ1) is 11.5. The van der Waals surface area contributed by atoms with Gasteiger partial charge in [-0.1, -0.05) is 11.8 Å². The highest BCUT2D eigenvalue weighted by atomic mass is 32.2. The van der Waals surface area contributed by atoms with Crippen molar-refractivity contribution in [1.82, 2.24) is 9.88 Å². The van der Waals surface area contributed by atoms with Crippen LogP contribution in [0.5, 0.6) is 0 Å². The molecular formula is C15H17N3O5S. The van der Waals surface area contributed by atoms with Crippen molar-refractivity contribution in [2.75, 3.05) is 38.7 Å². The molecule has 0 spiro atoms. The lowest BCUT2D eigenvalue weighted by atomic mass is 10.2. The molecule has 1 aromatic rings. The number of nitriles is 1. The highest BCUT2D eigenvalue weighted by molar-refractivity contribution is 7.99. The minimum absolute atomic E-state index is 0.107. The first kappa shape index (κ1) is 18.0. The summed E-state index contributed by atoms with van der Waals surface area (Å²) in [6, 6.07) is 3.31. The molecule has 1 amide bonds. The summed E-state index contributed by atoms with van der Waals surface area (Å²) in [6.45, 7) is 3.26. The van der Waals surface area contributed by atoms with Crippen molar-refractivity contribution < 1.29 is 19.1 Å². The molecule has 0 atom stereocenters. The summed E-state index contributed by atoms with van der Waals surface area (Å²) in [5.74, 6) is -0.962. The molecule has 128 valence electrons. The Bertz CT molecular complexity index is 719. The van der Waals surface area contributed by atoms with Gasteiger partial charge in [0.1, 0.15) is 6.07 Å². The molecule has 1 fully saturated rings. The number of H-pyrrole nitrogens is 1. The number of aromatic amines is 1. The number of hydrogen-bond donors (Lipinski definition) is 1. The molecule has 0 radical (unpaired) electrons. The van der Waals surface area contributed by atoms with Crippen LogP contribution in [0.4, 0.5) is 0 Å². The minimum atomic E-state index is -0.590. The maximum Gasteiger partial charge on any atom is 0.316 e. The molecule has 2 heterocycles. The molecular weight excluding hydrogens is 334 g/mol. The molecule has 1 aromatic heterocycles. The number of nitrogens with zero attached hydrogens (tertiary/aromatic N) is 2. The molecule has 0 aliphatic carbocycles. The van der Waals surface area contributed by atoms with Gasteiger partial charge in [0.05, 0.1) is 29.6 Å². The van der Waals surface area contributed by atoms with Crippen LogP contribution < -0.4 is 5.56 Å². The summed E-state index contributed by atoms with van der Waals surface area (Å²) in [5.41, 5.74) is 0.515. The zero-order chi connectivity index (χ0) is 17.5. The Morgan fingerprint density at radius 2 is 2.17 bits per heavy atom. The number of pyridine rings is 1. The van der Waals surface area contributed by atoms with E-state index in [1.807, 2.05) is 6.07 Å². The standard InChI is InChI=1S/C15H17N3O5S/c1-10-6-12(19)17-15(11(10)7-16)24-9-14(21)23-8-13(20)18-2-4-22-5-3-18/h6H,2-5,8-9H2,1H3,(H,17,19). The van der Waals surface area contributed by atoms with Gasteiger partial charge in [-0.05, 0) is 12.5 Å². The second-order valence-corrected chi connectivity index (χ2v) is 6.06. The quantitative estimate of drug-likeness (QED) is 0.589. The lowest BCUT2D eigenvalue weighted by molar-refractivity contribution is -0.151. The zero-order valence-electron chi connectivity index (χ0n) is 13.2. The van der Waals surface area contributed by atoms with E-state index in [1.54, 1.807) is 11.8 Å². The van der Waals surface area contributed by atoms with Crippen molar-refractivity contribution in [3.8, 4) is 6.07 Å². The minimum Gasteiger partial charge on any atom is -0.455 e. The molecule has 1 N–H and O–H groups in total. The number of esters is 1. The van der Waals surface area contributed by atoms with E-state index < -0.39 is 5.97 Å². The summed E-state index contributed by atoms with van der Waals surface area (Å²) in [6.07, 6.45) is 0. The van der Waals surface area contributed by atoms with E-state index in [0.29, 0.717) is 42.5 Å². The van der Waals surface area contributed by atoms with E-state index in [2.05, 4.69) is 4.98 Å². The van der Waals surface area contributed by atoms with Gasteiger partial charge >= 0.3 is 5.97 Å². The number of aromatic nitrogens is 1. The van der Waals surface area contributed by atoms with Crippen LogP contribution in [0, 0.1) is 18.3 Å². The van der Waals surface area contributed by atoms with Crippen LogP contribution in [0.1, 0.15) is 11.1 Å². The monoisotopic (exact) mass is 351 g/mol. The smallest absolute Gasteiger partial charge is 0.316 e. The van der Waals surface area contributed by atoms with E-state index in [-0.39, 0.29) is 23.8 Å². The molecule has 1 aliphatic rings. The summed E-state index contributed by atoms with van der Waals surface area (Å²) in [7, 11) is 0. The zero-order valence-corrected chi connectivity index (χ0v) is 14.0. The van der Waals surface area contributed by atoms with Gasteiger partial charge in [0, 0.05) is 19.2 Å². The van der Waals surface area contributed by atoms with Gasteiger partial charge < -0.3 is 19.4 Å². The molecule has 1 saturated heterocycles. The number of thioether (sulfide) groups is 1. The van der Waals surface area contributed by atoms with Crippen LogP contribution in [0.25, 0.3) is 0 Å². The molecule has 24 heavy (non-hydrogen) atoms. The van der Waals surface area contributed by atoms with Crippen LogP contribution in [0.15, 0.2) is 15.9 Å². The maximum absolute atomic E-state index is 11.9. The number of nitrogens with one attached hydrogen (secondary N) is 1. The summed E-state index contributed by atoms with van der Waals surface area (Å²) in [4.78, 5) is 39.2. The van der Waals surface area contributed by atoms with E-state index in [1.165, 1.54) is 6.07 Å². The van der Waals surface area contributed by atoms with Crippen molar-refractivity contribution in [3.05, 3.63) is 27.5 Å². The van der Waals surface area contributed by atoms with Crippen molar-refractivity contribution in [3.63, 3.8) is 0 Å². The van der Waals surface area contributed by atoms with Crippen LogP contribution in [-0.2, 0) is 19.1 Å². The summed E-state index contributed by atoms with van der Waals surface area (Å²) >= 11 is 0.998. The van der Waals surface area contributed by atoms with Gasteiger partial charge in [0.15, 0.2) is 6.61 Å². The number of hydrogen-bond acceptors (Lipinski definition) is 7. The third kappa shape index (κ3) is 4.84. The van der Waals surface area contributed by atoms with Crippen molar-refractivity contribution in [2.45, 2.75) is 11.9 Å². The van der Waals surface area contributed by atoms with Crippen LogP contribution in [-0.4, -0.2) is 60.4 Å². The van der Waals surface area contributed by atoms with Crippen LogP contribution in [0.2, 0.25) is 0 Å². The first-order valence-electron chi connectivity index (χ1n) is 7.29. The Hall–Kier alpha value is -2.31. The predicted octanol–water partition coefficient (Wildman–Crippen LogP) is 0.0491. The number of amides is 1. The number of morpholine rings is 1. The molecule has 8 nitrogen and oxygen atoms in total. The fourth-order valence-corrected chi connectivity index (χ4v) is 2.99. The third-order valence-corrected chi connectivity index (χ3v) is 4.35.